The van der Waals surface area contributed by atoms with Crippen molar-refractivity contribution in [1.82, 2.24) is 20.5 Å². The highest BCUT2D eigenvalue weighted by molar-refractivity contribution is 6.01. The Hall–Kier alpha value is -2.68. The van der Waals surface area contributed by atoms with Gasteiger partial charge in [0.1, 0.15) is 0 Å². The number of rotatable bonds is 2. The summed E-state index contributed by atoms with van der Waals surface area (Å²) in [5.41, 5.74) is 2.07. The Morgan fingerprint density at radius 1 is 1.31 bits per heavy atom. The maximum Gasteiger partial charge on any atom is 0.411 e. The predicted molar refractivity (Wildman–Crippen MR) is 97.0 cm³/mol. The van der Waals surface area contributed by atoms with Crippen LogP contribution in [-0.2, 0) is 0 Å². The third-order valence-electron chi connectivity index (χ3n) is 4.59. The maximum absolute atomic E-state index is 10.9. The quantitative estimate of drug-likeness (QED) is 0.472. The molecule has 9 heteroatoms. The lowest BCUT2D eigenvalue weighted by Gasteiger charge is -2.43. The molecule has 1 fully saturated rings. The number of aromatic nitrogens is 1. The van der Waals surface area contributed by atoms with Crippen LogP contribution in [0.25, 0.3) is 0 Å². The molecule has 9 nitrogen and oxygen atoms in total. The van der Waals surface area contributed by atoms with Crippen molar-refractivity contribution in [3.8, 4) is 0 Å². The van der Waals surface area contributed by atoms with E-state index in [-0.39, 0.29) is 17.3 Å². The molecule has 2 rings (SSSR count). The molecule has 0 aromatic carbocycles. The number of nitrogens with zero attached hydrogens (tertiary/aromatic N) is 3. The first-order valence-corrected chi connectivity index (χ1v) is 8.32. The lowest BCUT2D eigenvalue weighted by Crippen LogP contribution is -2.42. The van der Waals surface area contributed by atoms with Gasteiger partial charge in [0.25, 0.3) is 0 Å². The Labute approximate surface area is 152 Å². The second-order valence-corrected chi connectivity index (χ2v) is 7.26. The highest BCUT2D eigenvalue weighted by Crippen LogP contribution is 2.42. The third kappa shape index (κ3) is 4.92. The summed E-state index contributed by atoms with van der Waals surface area (Å²) in [5.74, 6) is -0.0984. The first-order valence-electron chi connectivity index (χ1n) is 8.32. The summed E-state index contributed by atoms with van der Waals surface area (Å²) in [6, 6.07) is 1.85. The second-order valence-electron chi connectivity index (χ2n) is 7.26. The minimum atomic E-state index is -1.41. The summed E-state index contributed by atoms with van der Waals surface area (Å²) in [6.07, 6.45) is -0.0159. The maximum atomic E-state index is 10.9. The van der Waals surface area contributed by atoms with Gasteiger partial charge < -0.3 is 15.1 Å². The average Bonchev–Trinajstić information content (AvgIpc) is 2.47. The predicted octanol–water partition coefficient (Wildman–Crippen LogP) is 2.36. The standard InChI is InChI=1S/C17H25N5O4/c1-10-13(19-14(20-15(23)24)21-16(25)26)7-11(8-18-10)12-5-6-22(4)9-17(12,2)3/h7-8,12H,5-6,9H2,1-4H3,(H,23,24)(H,25,26)(H2,19,20,21). The molecule has 2 amide bonds. The molecular formula is C17H25N5O4. The number of carboxylic acid groups (broad SMARTS) is 2. The van der Waals surface area contributed by atoms with Gasteiger partial charge in [-0.3, -0.25) is 15.6 Å². The monoisotopic (exact) mass is 363 g/mol. The van der Waals surface area contributed by atoms with E-state index in [4.69, 9.17) is 10.2 Å². The molecule has 1 aliphatic heterocycles. The Balaban J connectivity index is 2.38. The number of hydrogen-bond donors (Lipinski definition) is 4. The van der Waals surface area contributed by atoms with Crippen LogP contribution in [0.1, 0.15) is 37.4 Å². The summed E-state index contributed by atoms with van der Waals surface area (Å²) < 4.78 is 0. The normalized spacial score (nSPS) is 19.5. The van der Waals surface area contributed by atoms with Gasteiger partial charge in [-0.1, -0.05) is 13.8 Å². The van der Waals surface area contributed by atoms with Crippen LogP contribution >= 0.6 is 0 Å². The fourth-order valence-corrected chi connectivity index (χ4v) is 3.49. The lowest BCUT2D eigenvalue weighted by atomic mass is 9.71. The molecule has 1 unspecified atom stereocenters. The summed E-state index contributed by atoms with van der Waals surface area (Å²) in [7, 11) is 2.10. The third-order valence-corrected chi connectivity index (χ3v) is 4.59. The van der Waals surface area contributed by atoms with E-state index in [2.05, 4.69) is 35.8 Å². The van der Waals surface area contributed by atoms with E-state index in [0.29, 0.717) is 11.4 Å². The highest BCUT2D eigenvalue weighted by atomic mass is 16.4. The number of nitrogens with one attached hydrogen (secondary N) is 2. The van der Waals surface area contributed by atoms with E-state index in [9.17, 15) is 9.59 Å². The van der Waals surface area contributed by atoms with Crippen molar-refractivity contribution >= 4 is 23.8 Å². The molecule has 2 heterocycles. The number of aryl methyl sites for hydroxylation is 1. The average molecular weight is 363 g/mol. The van der Waals surface area contributed by atoms with E-state index in [1.54, 1.807) is 6.92 Å². The number of guanidine groups is 1. The van der Waals surface area contributed by atoms with Gasteiger partial charge in [0.05, 0.1) is 11.4 Å². The number of pyridine rings is 1. The van der Waals surface area contributed by atoms with Crippen LogP contribution < -0.4 is 10.6 Å². The first kappa shape index (κ1) is 19.6. The smallest absolute Gasteiger partial charge is 0.411 e. The van der Waals surface area contributed by atoms with Gasteiger partial charge in [-0.15, -0.1) is 0 Å². The molecular weight excluding hydrogens is 338 g/mol. The summed E-state index contributed by atoms with van der Waals surface area (Å²) in [5, 5.41) is 21.6. The number of likely N-dealkylation sites (tertiary alicyclic amines) is 1. The van der Waals surface area contributed by atoms with Gasteiger partial charge >= 0.3 is 12.2 Å². The number of carbonyl (C=O) groups is 2. The van der Waals surface area contributed by atoms with Crippen LogP contribution in [0.2, 0.25) is 0 Å². The topological polar surface area (TPSA) is 127 Å². The second kappa shape index (κ2) is 7.69. The molecule has 142 valence electrons. The number of hydrogen-bond acceptors (Lipinski definition) is 5. The molecule has 4 N–H and O–H groups in total. The number of aliphatic imine (C=N–C) groups is 1. The zero-order valence-electron chi connectivity index (χ0n) is 15.4. The molecule has 1 saturated heterocycles. The zero-order chi connectivity index (χ0) is 19.5. The highest BCUT2D eigenvalue weighted by Gasteiger charge is 2.35. The lowest BCUT2D eigenvalue weighted by molar-refractivity contribution is 0.114. The van der Waals surface area contributed by atoms with E-state index in [1.165, 1.54) is 0 Å². The van der Waals surface area contributed by atoms with E-state index >= 15 is 0 Å². The molecule has 1 aromatic rings. The SMILES string of the molecule is Cc1ncc(C2CCN(C)CC2(C)C)cc1N=C(NC(=O)O)NC(=O)O. The summed E-state index contributed by atoms with van der Waals surface area (Å²) in [6.45, 7) is 8.09. The first-order chi connectivity index (χ1) is 12.1. The van der Waals surface area contributed by atoms with Gasteiger partial charge in [0.2, 0.25) is 5.96 Å². The van der Waals surface area contributed by atoms with Crippen molar-refractivity contribution in [2.45, 2.75) is 33.1 Å². The largest absolute Gasteiger partial charge is 0.465 e. The molecule has 0 saturated carbocycles. The van der Waals surface area contributed by atoms with Gasteiger partial charge in [-0.25, -0.2) is 14.6 Å². The molecule has 0 radical (unpaired) electrons. The van der Waals surface area contributed by atoms with Gasteiger partial charge in [-0.05, 0) is 49.9 Å². The zero-order valence-corrected chi connectivity index (χ0v) is 15.4. The fraction of sp³-hybridized carbons (Fsp3) is 0.529. The van der Waals surface area contributed by atoms with Crippen molar-refractivity contribution in [1.29, 1.82) is 0 Å². The van der Waals surface area contributed by atoms with Gasteiger partial charge in [0.15, 0.2) is 0 Å². The Morgan fingerprint density at radius 3 is 2.46 bits per heavy atom. The van der Waals surface area contributed by atoms with Crippen molar-refractivity contribution in [3.05, 3.63) is 23.5 Å². The van der Waals surface area contributed by atoms with Crippen LogP contribution in [0.3, 0.4) is 0 Å². The minimum absolute atomic E-state index is 0.0480. The van der Waals surface area contributed by atoms with Crippen LogP contribution in [0.15, 0.2) is 17.3 Å². The van der Waals surface area contributed by atoms with Crippen molar-refractivity contribution in [3.63, 3.8) is 0 Å². The Morgan fingerprint density at radius 2 is 1.92 bits per heavy atom. The van der Waals surface area contributed by atoms with E-state index in [1.807, 2.05) is 22.9 Å². The molecule has 1 aromatic heterocycles. The van der Waals surface area contributed by atoms with Gasteiger partial charge in [-0.2, -0.15) is 0 Å². The van der Waals surface area contributed by atoms with Crippen molar-refractivity contribution in [2.24, 2.45) is 10.4 Å². The van der Waals surface area contributed by atoms with Crippen molar-refractivity contribution < 1.29 is 19.8 Å². The number of piperidine rings is 1. The van der Waals surface area contributed by atoms with Crippen molar-refractivity contribution in [2.75, 3.05) is 20.1 Å². The number of amides is 2. The molecule has 0 spiro atoms. The summed E-state index contributed by atoms with van der Waals surface area (Å²) in [4.78, 5) is 32.5. The minimum Gasteiger partial charge on any atom is -0.465 e. The van der Waals surface area contributed by atoms with E-state index in [0.717, 1.165) is 25.1 Å². The van der Waals surface area contributed by atoms with Crippen LogP contribution in [0.5, 0.6) is 0 Å². The molecule has 1 aliphatic rings. The molecule has 1 atom stereocenters. The molecule has 0 aliphatic carbocycles. The van der Waals surface area contributed by atoms with E-state index < -0.39 is 12.2 Å². The van der Waals surface area contributed by atoms with Gasteiger partial charge in [0, 0.05) is 12.7 Å². The van der Waals surface area contributed by atoms with Crippen LogP contribution in [0.4, 0.5) is 15.3 Å². The van der Waals surface area contributed by atoms with Crippen LogP contribution in [0, 0.1) is 12.3 Å². The molecule has 26 heavy (non-hydrogen) atoms. The molecule has 0 bridgehead atoms. The Kier molecular flexibility index (Phi) is 5.81. The Bertz CT molecular complexity index is 714. The van der Waals surface area contributed by atoms with Crippen LogP contribution in [-0.4, -0.2) is 58.4 Å². The fourth-order valence-electron chi connectivity index (χ4n) is 3.49. The summed E-state index contributed by atoms with van der Waals surface area (Å²) >= 11 is 0.